The lowest BCUT2D eigenvalue weighted by molar-refractivity contribution is 0.0707. The standard InChI is InChI=1S/C12H9N3O.C12H27NO5Si/c16-12-8-4-3-7-11(12)15-13-9-5-1-2-6-10(9)14-15;1-5-15-12(14)13-10-9-11-19(16-6-2,17-7-3)18-8-4/h1-8,16H;5-11H2,1-4H3,(H,13,14). The number of alkyl carbamates (subject to hydrolysis) is 1. The molecule has 0 bridgehead atoms. The molecule has 0 saturated heterocycles. The Hall–Kier alpha value is -2.99. The number of carbonyl (C=O) groups is 1. The number of carbonyl (C=O) groups excluding carboxylic acids is 1. The van der Waals surface area contributed by atoms with Gasteiger partial charge in [0.25, 0.3) is 0 Å². The number of amides is 1. The lowest BCUT2D eigenvalue weighted by Gasteiger charge is -2.28. The maximum Gasteiger partial charge on any atom is 0.500 e. The number of aromatic hydroxyl groups is 1. The fourth-order valence-electron chi connectivity index (χ4n) is 3.28. The first-order valence-electron chi connectivity index (χ1n) is 11.9. The van der Waals surface area contributed by atoms with Gasteiger partial charge >= 0.3 is 14.9 Å². The molecule has 11 heteroatoms. The normalized spacial score (nSPS) is 11.1. The third-order valence-electron chi connectivity index (χ3n) is 4.68. The Morgan fingerprint density at radius 3 is 1.94 bits per heavy atom. The molecule has 0 atom stereocenters. The van der Waals surface area contributed by atoms with E-state index in [4.69, 9.17) is 18.0 Å². The van der Waals surface area contributed by atoms with Crippen molar-refractivity contribution in [3.63, 3.8) is 0 Å². The van der Waals surface area contributed by atoms with Crippen LogP contribution in [0.25, 0.3) is 16.7 Å². The van der Waals surface area contributed by atoms with E-state index in [2.05, 4.69) is 15.5 Å². The zero-order chi connectivity index (χ0) is 25.5. The first kappa shape index (κ1) is 28.2. The van der Waals surface area contributed by atoms with Gasteiger partial charge in [-0.3, -0.25) is 0 Å². The molecule has 0 saturated carbocycles. The van der Waals surface area contributed by atoms with E-state index in [9.17, 15) is 9.90 Å². The third kappa shape index (κ3) is 8.94. The molecule has 0 aliphatic rings. The molecular formula is C24H36N4O6Si. The first-order chi connectivity index (χ1) is 17.0. The van der Waals surface area contributed by atoms with Crippen molar-refractivity contribution >= 4 is 25.9 Å². The quantitative estimate of drug-likeness (QED) is 0.277. The molecule has 10 nitrogen and oxygen atoms in total. The van der Waals surface area contributed by atoms with Crippen molar-refractivity contribution in [3.05, 3.63) is 48.5 Å². The Kier molecular flexibility index (Phi) is 12.2. The fraction of sp³-hybridized carbons (Fsp3) is 0.458. The van der Waals surface area contributed by atoms with Crippen molar-refractivity contribution in [2.75, 3.05) is 33.0 Å². The first-order valence-corrected chi connectivity index (χ1v) is 13.8. The molecule has 0 aliphatic heterocycles. The number of hydrogen-bond acceptors (Lipinski definition) is 8. The average molecular weight is 505 g/mol. The van der Waals surface area contributed by atoms with Crippen molar-refractivity contribution in [3.8, 4) is 11.4 Å². The van der Waals surface area contributed by atoms with E-state index >= 15 is 0 Å². The van der Waals surface area contributed by atoms with Gasteiger partial charge in [0.15, 0.2) is 0 Å². The van der Waals surface area contributed by atoms with Crippen molar-refractivity contribution in [1.82, 2.24) is 20.3 Å². The fourth-order valence-corrected chi connectivity index (χ4v) is 5.89. The van der Waals surface area contributed by atoms with Gasteiger partial charge in [-0.2, -0.15) is 0 Å². The van der Waals surface area contributed by atoms with Crippen LogP contribution < -0.4 is 5.32 Å². The van der Waals surface area contributed by atoms with Gasteiger partial charge in [-0.25, -0.2) is 4.79 Å². The topological polar surface area (TPSA) is 117 Å². The summed E-state index contributed by atoms with van der Waals surface area (Å²) in [5, 5.41) is 20.9. The second kappa shape index (κ2) is 15.1. The smallest absolute Gasteiger partial charge is 0.500 e. The van der Waals surface area contributed by atoms with E-state index in [0.717, 1.165) is 17.5 Å². The van der Waals surface area contributed by atoms with Crippen molar-refractivity contribution in [2.45, 2.75) is 40.2 Å². The van der Waals surface area contributed by atoms with Gasteiger partial charge in [0.05, 0.1) is 6.61 Å². The van der Waals surface area contributed by atoms with Gasteiger partial charge in [0.2, 0.25) is 0 Å². The van der Waals surface area contributed by atoms with E-state index in [1.54, 1.807) is 25.1 Å². The second-order valence-electron chi connectivity index (χ2n) is 7.20. The van der Waals surface area contributed by atoms with E-state index in [1.807, 2.05) is 51.1 Å². The number of fused-ring (bicyclic) bond motifs is 1. The number of phenolic OH excluding ortho intramolecular Hbond substituents is 1. The molecule has 1 aromatic heterocycles. The summed E-state index contributed by atoms with van der Waals surface area (Å²) < 4.78 is 21.9. The highest BCUT2D eigenvalue weighted by molar-refractivity contribution is 6.60. The minimum Gasteiger partial charge on any atom is -0.506 e. The minimum atomic E-state index is -2.58. The molecule has 3 aromatic rings. The Morgan fingerprint density at radius 2 is 1.43 bits per heavy atom. The van der Waals surface area contributed by atoms with Gasteiger partial charge in [0, 0.05) is 32.4 Å². The summed E-state index contributed by atoms with van der Waals surface area (Å²) in [6.07, 6.45) is 0.351. The monoisotopic (exact) mass is 504 g/mol. The molecule has 2 N–H and O–H groups in total. The van der Waals surface area contributed by atoms with E-state index in [0.29, 0.717) is 44.7 Å². The molecule has 0 radical (unpaired) electrons. The number of ether oxygens (including phenoxy) is 1. The Balaban J connectivity index is 0.000000249. The highest BCUT2D eigenvalue weighted by Gasteiger charge is 2.39. The van der Waals surface area contributed by atoms with E-state index in [1.165, 1.54) is 4.80 Å². The highest BCUT2D eigenvalue weighted by atomic mass is 28.4. The molecule has 35 heavy (non-hydrogen) atoms. The van der Waals surface area contributed by atoms with Crippen molar-refractivity contribution in [2.24, 2.45) is 0 Å². The van der Waals surface area contributed by atoms with Crippen LogP contribution in [0.1, 0.15) is 34.1 Å². The summed E-state index contributed by atoms with van der Waals surface area (Å²) in [5.74, 6) is 0.169. The largest absolute Gasteiger partial charge is 0.506 e. The number of aromatic nitrogens is 3. The Morgan fingerprint density at radius 1 is 0.886 bits per heavy atom. The number of phenols is 1. The zero-order valence-electron chi connectivity index (χ0n) is 20.9. The van der Waals surface area contributed by atoms with Gasteiger partial charge < -0.3 is 28.4 Å². The SMILES string of the molecule is CCOC(=O)NCCC[Si](OCC)(OCC)OCC.Oc1ccccc1-n1nc2ccccc2n1. The Bertz CT molecular complexity index is 982. The van der Waals surface area contributed by atoms with Crippen LogP contribution in [-0.2, 0) is 18.0 Å². The molecule has 2 aromatic carbocycles. The van der Waals surface area contributed by atoms with Gasteiger partial charge in [-0.1, -0.05) is 24.3 Å². The maximum absolute atomic E-state index is 11.1. The predicted octanol–water partition coefficient (Wildman–Crippen LogP) is 4.30. The van der Waals surface area contributed by atoms with E-state index in [-0.39, 0.29) is 11.8 Å². The van der Waals surface area contributed by atoms with Crippen LogP contribution in [0.4, 0.5) is 4.79 Å². The molecule has 0 fully saturated rings. The molecular weight excluding hydrogens is 468 g/mol. The minimum absolute atomic E-state index is 0.169. The predicted molar refractivity (Wildman–Crippen MR) is 136 cm³/mol. The molecule has 1 amide bonds. The maximum atomic E-state index is 11.1. The second-order valence-corrected chi connectivity index (χ2v) is 9.93. The van der Waals surface area contributed by atoms with Crippen LogP contribution >= 0.6 is 0 Å². The summed E-state index contributed by atoms with van der Waals surface area (Å²) in [6, 6.07) is 15.3. The van der Waals surface area contributed by atoms with Crippen LogP contribution in [0.15, 0.2) is 48.5 Å². The van der Waals surface area contributed by atoms with Crippen LogP contribution in [-0.4, -0.2) is 68.0 Å². The number of rotatable bonds is 12. The zero-order valence-corrected chi connectivity index (χ0v) is 21.9. The number of hydrogen-bond donors (Lipinski definition) is 2. The highest BCUT2D eigenvalue weighted by Crippen LogP contribution is 2.20. The summed E-state index contributed by atoms with van der Waals surface area (Å²) in [7, 11) is -2.58. The molecule has 0 aliphatic carbocycles. The third-order valence-corrected chi connectivity index (χ3v) is 7.83. The summed E-state index contributed by atoms with van der Waals surface area (Å²) in [6.45, 7) is 10.2. The van der Waals surface area contributed by atoms with Crippen molar-refractivity contribution in [1.29, 1.82) is 0 Å². The average Bonchev–Trinajstić information content (AvgIpc) is 3.27. The number of nitrogens with zero attached hydrogens (tertiary/aromatic N) is 3. The van der Waals surface area contributed by atoms with Gasteiger partial charge in [-0.05, 0) is 58.4 Å². The lowest BCUT2D eigenvalue weighted by atomic mass is 10.3. The van der Waals surface area contributed by atoms with Crippen LogP contribution in [0.5, 0.6) is 5.75 Å². The van der Waals surface area contributed by atoms with Crippen LogP contribution in [0.2, 0.25) is 6.04 Å². The number of nitrogens with one attached hydrogen (secondary N) is 1. The van der Waals surface area contributed by atoms with E-state index < -0.39 is 8.80 Å². The number of para-hydroxylation sites is 2. The summed E-state index contributed by atoms with van der Waals surface area (Å²) in [4.78, 5) is 12.6. The Labute approximate surface area is 207 Å². The van der Waals surface area contributed by atoms with Gasteiger partial charge in [-0.15, -0.1) is 15.0 Å². The molecule has 1 heterocycles. The molecule has 3 rings (SSSR count). The molecule has 0 unspecified atom stereocenters. The summed E-state index contributed by atoms with van der Waals surface area (Å²) in [5.41, 5.74) is 2.20. The van der Waals surface area contributed by atoms with Crippen molar-refractivity contribution < 1.29 is 27.9 Å². The van der Waals surface area contributed by atoms with Crippen LogP contribution in [0.3, 0.4) is 0 Å². The van der Waals surface area contributed by atoms with Gasteiger partial charge in [0.1, 0.15) is 22.5 Å². The molecule has 192 valence electrons. The number of benzene rings is 2. The molecule has 0 spiro atoms. The lowest BCUT2D eigenvalue weighted by Crippen LogP contribution is -2.46. The van der Waals surface area contributed by atoms with Crippen LogP contribution in [0, 0.1) is 0 Å². The summed E-state index contributed by atoms with van der Waals surface area (Å²) >= 11 is 0.